The van der Waals surface area contributed by atoms with Gasteiger partial charge in [-0.05, 0) is 47.9 Å². The van der Waals surface area contributed by atoms with Gasteiger partial charge in [-0.1, -0.05) is 60.2 Å². The van der Waals surface area contributed by atoms with Crippen molar-refractivity contribution in [3.63, 3.8) is 0 Å². The van der Waals surface area contributed by atoms with E-state index in [4.69, 9.17) is 0 Å². The number of pyridine rings is 1. The summed E-state index contributed by atoms with van der Waals surface area (Å²) in [4.78, 5) is 25.2. The van der Waals surface area contributed by atoms with Crippen molar-refractivity contribution in [2.24, 2.45) is 0 Å². The molecule has 0 bridgehead atoms. The molecule has 0 saturated heterocycles. The Morgan fingerprint density at radius 3 is 2.55 bits per heavy atom. The summed E-state index contributed by atoms with van der Waals surface area (Å²) in [5.74, 6) is -0.233. The fourth-order valence-corrected chi connectivity index (χ4v) is 3.55. The number of aromatic nitrogens is 1. The number of amides is 1. The smallest absolute Gasteiger partial charge is 0.257 e. The van der Waals surface area contributed by atoms with Crippen LogP contribution in [0, 0.1) is 13.8 Å². The van der Waals surface area contributed by atoms with Gasteiger partial charge >= 0.3 is 0 Å². The molecule has 1 N–H and O–H groups in total. The normalized spacial score (nSPS) is 10.8. The minimum absolute atomic E-state index is 0.138. The fraction of sp³-hybridized carbons (Fsp3) is 0.120. The van der Waals surface area contributed by atoms with Crippen molar-refractivity contribution in [2.45, 2.75) is 20.4 Å². The third-order valence-electron chi connectivity index (χ3n) is 5.10. The van der Waals surface area contributed by atoms with E-state index < -0.39 is 0 Å². The highest BCUT2D eigenvalue weighted by molar-refractivity contribution is 6.04. The summed E-state index contributed by atoms with van der Waals surface area (Å²) in [5.41, 5.74) is 4.27. The Kier molecular flexibility index (Phi) is 5.00. The molecular weight excluding hydrogens is 360 g/mol. The highest BCUT2D eigenvalue weighted by Crippen LogP contribution is 2.20. The molecule has 1 amide bonds. The van der Waals surface area contributed by atoms with Gasteiger partial charge in [0.15, 0.2) is 0 Å². The molecule has 3 aromatic carbocycles. The van der Waals surface area contributed by atoms with E-state index in [1.54, 1.807) is 16.8 Å². The second kappa shape index (κ2) is 7.76. The number of hydrogen-bond acceptors (Lipinski definition) is 2. The van der Waals surface area contributed by atoms with Crippen LogP contribution in [0.3, 0.4) is 0 Å². The SMILES string of the molecule is Cc1ccc(NC(=O)c2ccc(=O)n(Cc3cccc4ccccc34)c2)c(C)c1. The number of rotatable bonds is 4. The zero-order valence-corrected chi connectivity index (χ0v) is 16.5. The van der Waals surface area contributed by atoms with Crippen LogP contribution in [0.15, 0.2) is 83.8 Å². The Labute approximate surface area is 169 Å². The van der Waals surface area contributed by atoms with Crippen molar-refractivity contribution in [1.29, 1.82) is 0 Å². The monoisotopic (exact) mass is 382 g/mol. The summed E-state index contributed by atoms with van der Waals surface area (Å²) in [6.45, 7) is 4.39. The van der Waals surface area contributed by atoms with E-state index >= 15 is 0 Å². The van der Waals surface area contributed by atoms with E-state index in [0.29, 0.717) is 12.1 Å². The number of hydrogen-bond donors (Lipinski definition) is 1. The number of carbonyl (C=O) groups excluding carboxylic acids is 1. The lowest BCUT2D eigenvalue weighted by Crippen LogP contribution is -2.22. The van der Waals surface area contributed by atoms with Gasteiger partial charge in [-0.25, -0.2) is 0 Å². The molecule has 0 fully saturated rings. The highest BCUT2D eigenvalue weighted by Gasteiger charge is 2.11. The van der Waals surface area contributed by atoms with Crippen LogP contribution < -0.4 is 10.9 Å². The van der Waals surface area contributed by atoms with Crippen molar-refractivity contribution in [3.8, 4) is 0 Å². The van der Waals surface area contributed by atoms with Gasteiger partial charge in [0.2, 0.25) is 0 Å². The van der Waals surface area contributed by atoms with Gasteiger partial charge in [0, 0.05) is 18.0 Å². The fourth-order valence-electron chi connectivity index (χ4n) is 3.55. The maximum absolute atomic E-state index is 12.8. The molecule has 0 aliphatic rings. The maximum atomic E-state index is 12.8. The van der Waals surface area contributed by atoms with E-state index in [0.717, 1.165) is 33.2 Å². The highest BCUT2D eigenvalue weighted by atomic mass is 16.2. The average Bonchev–Trinajstić information content (AvgIpc) is 2.72. The third kappa shape index (κ3) is 3.97. The van der Waals surface area contributed by atoms with Crippen LogP contribution in [0.25, 0.3) is 10.8 Å². The van der Waals surface area contributed by atoms with E-state index in [1.807, 2.05) is 62.4 Å². The van der Waals surface area contributed by atoms with Crippen molar-refractivity contribution in [1.82, 2.24) is 4.57 Å². The van der Waals surface area contributed by atoms with Gasteiger partial charge in [0.05, 0.1) is 12.1 Å². The first-order valence-electron chi connectivity index (χ1n) is 9.57. The first kappa shape index (κ1) is 18.7. The Morgan fingerprint density at radius 2 is 1.72 bits per heavy atom. The molecule has 4 aromatic rings. The largest absolute Gasteiger partial charge is 0.322 e. The van der Waals surface area contributed by atoms with Crippen LogP contribution in [0.2, 0.25) is 0 Å². The summed E-state index contributed by atoms with van der Waals surface area (Å²) < 4.78 is 1.58. The number of nitrogens with zero attached hydrogens (tertiary/aromatic N) is 1. The average molecular weight is 382 g/mol. The zero-order chi connectivity index (χ0) is 20.4. The molecule has 1 heterocycles. The predicted octanol–water partition coefficient (Wildman–Crippen LogP) is 4.92. The molecule has 0 atom stereocenters. The quantitative estimate of drug-likeness (QED) is 0.545. The van der Waals surface area contributed by atoms with Crippen molar-refractivity contribution >= 4 is 22.4 Å². The van der Waals surface area contributed by atoms with Gasteiger partial charge in [-0.2, -0.15) is 0 Å². The van der Waals surface area contributed by atoms with Gasteiger partial charge in [0.25, 0.3) is 11.5 Å². The van der Waals surface area contributed by atoms with Crippen LogP contribution >= 0.6 is 0 Å². The van der Waals surface area contributed by atoms with E-state index in [1.165, 1.54) is 6.07 Å². The van der Waals surface area contributed by atoms with Crippen molar-refractivity contribution < 1.29 is 4.79 Å². The van der Waals surface area contributed by atoms with E-state index in [9.17, 15) is 9.59 Å². The predicted molar refractivity (Wildman–Crippen MR) is 118 cm³/mol. The van der Waals surface area contributed by atoms with Crippen LogP contribution in [0.5, 0.6) is 0 Å². The standard InChI is InChI=1S/C25H22N2O2/c1-17-10-12-23(18(2)14-17)26-25(29)21-11-13-24(28)27(16-21)15-20-8-5-7-19-6-3-4-9-22(19)20/h3-14,16H,15H2,1-2H3,(H,26,29). The lowest BCUT2D eigenvalue weighted by Gasteiger charge is -2.12. The summed E-state index contributed by atoms with van der Waals surface area (Å²) in [6.07, 6.45) is 1.63. The molecule has 29 heavy (non-hydrogen) atoms. The summed E-state index contributed by atoms with van der Waals surface area (Å²) in [6, 6.07) is 23.0. The molecule has 144 valence electrons. The van der Waals surface area contributed by atoms with Gasteiger partial charge < -0.3 is 9.88 Å². The van der Waals surface area contributed by atoms with Crippen LogP contribution in [-0.2, 0) is 6.54 Å². The molecule has 1 aromatic heterocycles. The first-order chi connectivity index (χ1) is 14.0. The van der Waals surface area contributed by atoms with E-state index in [2.05, 4.69) is 17.4 Å². The Bertz CT molecular complexity index is 1270. The third-order valence-corrected chi connectivity index (χ3v) is 5.10. The van der Waals surface area contributed by atoms with Gasteiger partial charge in [0.1, 0.15) is 0 Å². The van der Waals surface area contributed by atoms with Crippen molar-refractivity contribution in [3.05, 3.63) is 112 Å². The Balaban J connectivity index is 1.63. The molecular formula is C25H22N2O2. The second-order valence-electron chi connectivity index (χ2n) is 7.29. The molecule has 0 saturated carbocycles. The molecule has 0 radical (unpaired) electrons. The first-order valence-corrected chi connectivity index (χ1v) is 9.57. The molecule has 4 heteroatoms. The molecule has 0 unspecified atom stereocenters. The molecule has 0 spiro atoms. The number of carbonyl (C=O) groups is 1. The summed E-state index contributed by atoms with van der Waals surface area (Å²) >= 11 is 0. The van der Waals surface area contributed by atoms with Crippen molar-refractivity contribution in [2.75, 3.05) is 5.32 Å². The van der Waals surface area contributed by atoms with E-state index in [-0.39, 0.29) is 11.5 Å². The minimum Gasteiger partial charge on any atom is -0.322 e. The molecule has 0 aliphatic carbocycles. The lowest BCUT2D eigenvalue weighted by molar-refractivity contribution is 0.102. The molecule has 4 nitrogen and oxygen atoms in total. The second-order valence-corrected chi connectivity index (χ2v) is 7.29. The van der Waals surface area contributed by atoms with Gasteiger partial charge in [-0.15, -0.1) is 0 Å². The molecule has 4 rings (SSSR count). The molecule has 0 aliphatic heterocycles. The zero-order valence-electron chi connectivity index (χ0n) is 16.5. The number of benzene rings is 3. The Morgan fingerprint density at radius 1 is 0.931 bits per heavy atom. The number of aryl methyl sites for hydroxylation is 2. The summed E-state index contributed by atoms with van der Waals surface area (Å²) in [5, 5.41) is 5.17. The maximum Gasteiger partial charge on any atom is 0.257 e. The van der Waals surface area contributed by atoms with Gasteiger partial charge in [-0.3, -0.25) is 9.59 Å². The number of nitrogens with one attached hydrogen (secondary N) is 1. The summed E-state index contributed by atoms with van der Waals surface area (Å²) in [7, 11) is 0. The van der Waals surface area contributed by atoms with Crippen LogP contribution in [0.4, 0.5) is 5.69 Å². The number of fused-ring (bicyclic) bond motifs is 1. The number of anilines is 1. The topological polar surface area (TPSA) is 51.1 Å². The Hall–Kier alpha value is -3.66. The minimum atomic E-state index is -0.233. The van der Waals surface area contributed by atoms with Crippen LogP contribution in [-0.4, -0.2) is 10.5 Å². The lowest BCUT2D eigenvalue weighted by atomic mass is 10.0. The van der Waals surface area contributed by atoms with Crippen LogP contribution in [0.1, 0.15) is 27.0 Å².